The van der Waals surface area contributed by atoms with Gasteiger partial charge in [-0.25, -0.2) is 0 Å². The molecule has 4 heteroatoms. The molecule has 0 amide bonds. The van der Waals surface area contributed by atoms with Gasteiger partial charge in [-0.2, -0.15) is 5.10 Å². The van der Waals surface area contributed by atoms with Crippen LogP contribution < -0.4 is 5.73 Å². The number of rotatable bonds is 3. The van der Waals surface area contributed by atoms with Crippen LogP contribution in [0.15, 0.2) is 18.2 Å². The number of nitrogens with two attached hydrogens (primary N) is 1. The van der Waals surface area contributed by atoms with Crippen molar-refractivity contribution in [3.8, 4) is 0 Å². The van der Waals surface area contributed by atoms with Gasteiger partial charge in [0.25, 0.3) is 0 Å². The standard InChI is InChI=1S/C14H20N4/c1-9-5-12(6-10(2)16-9)14(15)8-13-7-11(3)17-18(13)4/h5-7,14H,8,15H2,1-4H3. The summed E-state index contributed by atoms with van der Waals surface area (Å²) in [6.07, 6.45) is 0.792. The largest absolute Gasteiger partial charge is 0.324 e. The highest BCUT2D eigenvalue weighted by atomic mass is 15.3. The fraction of sp³-hybridized carbons (Fsp3) is 0.429. The molecule has 0 aromatic carbocycles. The van der Waals surface area contributed by atoms with Crippen molar-refractivity contribution in [1.82, 2.24) is 14.8 Å². The minimum atomic E-state index is -0.0137. The van der Waals surface area contributed by atoms with Crippen LogP contribution in [0, 0.1) is 20.8 Å². The Balaban J connectivity index is 2.21. The summed E-state index contributed by atoms with van der Waals surface area (Å²) >= 11 is 0. The number of aryl methyl sites for hydroxylation is 4. The van der Waals surface area contributed by atoms with E-state index >= 15 is 0 Å². The average molecular weight is 244 g/mol. The molecule has 0 bridgehead atoms. The molecule has 2 rings (SSSR count). The van der Waals surface area contributed by atoms with Gasteiger partial charge in [-0.3, -0.25) is 9.67 Å². The molecule has 0 aliphatic rings. The van der Waals surface area contributed by atoms with Crippen LogP contribution in [0.3, 0.4) is 0 Å². The number of pyridine rings is 1. The molecule has 2 N–H and O–H groups in total. The summed E-state index contributed by atoms with van der Waals surface area (Å²) in [6.45, 7) is 5.99. The van der Waals surface area contributed by atoms with E-state index in [9.17, 15) is 0 Å². The van der Waals surface area contributed by atoms with Gasteiger partial charge in [-0.15, -0.1) is 0 Å². The van der Waals surface area contributed by atoms with Gasteiger partial charge in [0.1, 0.15) is 0 Å². The Morgan fingerprint density at radius 3 is 2.22 bits per heavy atom. The molecule has 1 atom stereocenters. The zero-order valence-corrected chi connectivity index (χ0v) is 11.4. The summed E-state index contributed by atoms with van der Waals surface area (Å²) in [4.78, 5) is 4.37. The maximum atomic E-state index is 6.27. The molecule has 18 heavy (non-hydrogen) atoms. The van der Waals surface area contributed by atoms with Gasteiger partial charge in [0, 0.05) is 36.6 Å². The van der Waals surface area contributed by atoms with E-state index in [-0.39, 0.29) is 6.04 Å². The van der Waals surface area contributed by atoms with Crippen LogP contribution in [0.25, 0.3) is 0 Å². The minimum absolute atomic E-state index is 0.0137. The quantitative estimate of drug-likeness (QED) is 0.898. The smallest absolute Gasteiger partial charge is 0.0596 e. The van der Waals surface area contributed by atoms with Gasteiger partial charge in [-0.05, 0) is 44.5 Å². The Kier molecular flexibility index (Phi) is 3.48. The molecule has 0 saturated heterocycles. The molecular formula is C14H20N4. The van der Waals surface area contributed by atoms with Crippen LogP contribution in [0.2, 0.25) is 0 Å². The molecule has 2 heterocycles. The van der Waals surface area contributed by atoms with Crippen LogP contribution >= 0.6 is 0 Å². The number of hydrogen-bond donors (Lipinski definition) is 1. The van der Waals surface area contributed by atoms with Gasteiger partial charge >= 0.3 is 0 Å². The van der Waals surface area contributed by atoms with Crippen molar-refractivity contribution in [3.63, 3.8) is 0 Å². The molecule has 0 spiro atoms. The summed E-state index contributed by atoms with van der Waals surface area (Å²) in [7, 11) is 1.96. The van der Waals surface area contributed by atoms with Crippen LogP contribution in [0.4, 0.5) is 0 Å². The number of nitrogens with zero attached hydrogens (tertiary/aromatic N) is 3. The number of hydrogen-bond acceptors (Lipinski definition) is 3. The predicted molar refractivity (Wildman–Crippen MR) is 72.3 cm³/mol. The lowest BCUT2D eigenvalue weighted by Crippen LogP contribution is -2.16. The van der Waals surface area contributed by atoms with Crippen molar-refractivity contribution in [3.05, 3.63) is 46.5 Å². The minimum Gasteiger partial charge on any atom is -0.324 e. The summed E-state index contributed by atoms with van der Waals surface area (Å²) < 4.78 is 1.90. The van der Waals surface area contributed by atoms with Crippen molar-refractivity contribution < 1.29 is 0 Å². The maximum absolute atomic E-state index is 6.27. The summed E-state index contributed by atoms with van der Waals surface area (Å²) in [6, 6.07) is 6.18. The number of aromatic nitrogens is 3. The summed E-state index contributed by atoms with van der Waals surface area (Å²) in [5.74, 6) is 0. The van der Waals surface area contributed by atoms with Crippen molar-refractivity contribution in [2.45, 2.75) is 33.2 Å². The Morgan fingerprint density at radius 2 is 1.72 bits per heavy atom. The first-order valence-electron chi connectivity index (χ1n) is 6.16. The topological polar surface area (TPSA) is 56.7 Å². The molecule has 96 valence electrons. The van der Waals surface area contributed by atoms with Crippen molar-refractivity contribution >= 4 is 0 Å². The van der Waals surface area contributed by atoms with Gasteiger partial charge in [0.05, 0.1) is 5.69 Å². The summed E-state index contributed by atoms with van der Waals surface area (Å²) in [5, 5.41) is 4.34. The monoisotopic (exact) mass is 244 g/mol. The lowest BCUT2D eigenvalue weighted by Gasteiger charge is -2.13. The van der Waals surface area contributed by atoms with E-state index in [4.69, 9.17) is 5.73 Å². The van der Waals surface area contributed by atoms with Crippen molar-refractivity contribution in [2.24, 2.45) is 12.8 Å². The summed E-state index contributed by atoms with van der Waals surface area (Å²) in [5.41, 5.74) is 11.6. The molecule has 0 radical (unpaired) electrons. The van der Waals surface area contributed by atoms with E-state index in [1.807, 2.05) is 32.5 Å². The Bertz CT molecular complexity index is 537. The average Bonchev–Trinajstić information content (AvgIpc) is 2.56. The molecule has 0 aliphatic heterocycles. The van der Waals surface area contributed by atoms with Crippen LogP contribution in [-0.4, -0.2) is 14.8 Å². The van der Waals surface area contributed by atoms with Crippen LogP contribution in [0.5, 0.6) is 0 Å². The first-order valence-corrected chi connectivity index (χ1v) is 6.16. The van der Waals surface area contributed by atoms with Crippen LogP contribution in [-0.2, 0) is 13.5 Å². The maximum Gasteiger partial charge on any atom is 0.0596 e. The van der Waals surface area contributed by atoms with Crippen molar-refractivity contribution in [2.75, 3.05) is 0 Å². The van der Waals surface area contributed by atoms with E-state index in [1.54, 1.807) is 0 Å². The Morgan fingerprint density at radius 1 is 1.11 bits per heavy atom. The molecular weight excluding hydrogens is 224 g/mol. The van der Waals surface area contributed by atoms with Gasteiger partial charge in [0.2, 0.25) is 0 Å². The second-order valence-electron chi connectivity index (χ2n) is 4.89. The fourth-order valence-corrected chi connectivity index (χ4v) is 2.28. The van der Waals surface area contributed by atoms with E-state index in [0.29, 0.717) is 0 Å². The Labute approximate surface area is 108 Å². The molecule has 2 aromatic heterocycles. The first-order chi connectivity index (χ1) is 8.45. The first kappa shape index (κ1) is 12.8. The van der Waals surface area contributed by atoms with Crippen molar-refractivity contribution in [1.29, 1.82) is 0 Å². The lowest BCUT2D eigenvalue weighted by atomic mass is 10.0. The van der Waals surface area contributed by atoms with Crippen LogP contribution in [0.1, 0.15) is 34.4 Å². The SMILES string of the molecule is Cc1cc(C(N)Cc2cc(C)nn2C)cc(C)n1. The molecule has 0 aliphatic carbocycles. The second-order valence-corrected chi connectivity index (χ2v) is 4.89. The highest BCUT2D eigenvalue weighted by Gasteiger charge is 2.11. The molecule has 0 saturated carbocycles. The third-order valence-electron chi connectivity index (χ3n) is 3.06. The van der Waals surface area contributed by atoms with Gasteiger partial charge < -0.3 is 5.73 Å². The van der Waals surface area contributed by atoms with E-state index < -0.39 is 0 Å². The molecule has 0 fully saturated rings. The molecule has 1 unspecified atom stereocenters. The molecule has 4 nitrogen and oxygen atoms in total. The van der Waals surface area contributed by atoms with E-state index in [1.165, 1.54) is 0 Å². The van der Waals surface area contributed by atoms with E-state index in [0.717, 1.165) is 34.8 Å². The predicted octanol–water partition coefficient (Wildman–Crippen LogP) is 1.98. The van der Waals surface area contributed by atoms with Gasteiger partial charge in [-0.1, -0.05) is 0 Å². The fourth-order valence-electron chi connectivity index (χ4n) is 2.28. The van der Waals surface area contributed by atoms with Gasteiger partial charge in [0.15, 0.2) is 0 Å². The zero-order valence-electron chi connectivity index (χ0n) is 11.4. The normalized spacial score (nSPS) is 12.7. The zero-order chi connectivity index (χ0) is 13.3. The highest BCUT2D eigenvalue weighted by Crippen LogP contribution is 2.17. The lowest BCUT2D eigenvalue weighted by molar-refractivity contribution is 0.638. The third-order valence-corrected chi connectivity index (χ3v) is 3.06. The van der Waals surface area contributed by atoms with E-state index in [2.05, 4.69) is 28.3 Å². The molecule has 2 aromatic rings. The Hall–Kier alpha value is -1.68. The third kappa shape index (κ3) is 2.76. The highest BCUT2D eigenvalue weighted by molar-refractivity contribution is 5.25. The second kappa shape index (κ2) is 4.90.